The molecule has 0 aliphatic carbocycles. The van der Waals surface area contributed by atoms with Crippen molar-refractivity contribution in [3.8, 4) is 5.75 Å². The van der Waals surface area contributed by atoms with Gasteiger partial charge in [0.2, 0.25) is 0 Å². The van der Waals surface area contributed by atoms with E-state index in [1.807, 2.05) is 48.0 Å². The van der Waals surface area contributed by atoms with Gasteiger partial charge in [0.05, 0.1) is 22.0 Å². The Morgan fingerprint density at radius 2 is 2.03 bits per heavy atom. The summed E-state index contributed by atoms with van der Waals surface area (Å²) >= 11 is 6.03. The predicted octanol–water partition coefficient (Wildman–Crippen LogP) is 3.94. The minimum atomic E-state index is -1.35. The molecule has 1 aromatic carbocycles. The fraction of sp³-hybridized carbons (Fsp3) is 0.375. The molecule has 1 aliphatic rings. The van der Waals surface area contributed by atoms with E-state index in [1.165, 1.54) is 6.33 Å². The molecule has 178 valence electrons. The lowest BCUT2D eigenvalue weighted by molar-refractivity contribution is -0.227. The largest absolute Gasteiger partial charge is 0.491 e. The van der Waals surface area contributed by atoms with Crippen molar-refractivity contribution >= 4 is 39.4 Å². The highest BCUT2D eigenvalue weighted by Gasteiger charge is 2.46. The lowest BCUT2D eigenvalue weighted by atomic mass is 10.00. The molecule has 0 amide bonds. The highest BCUT2D eigenvalue weighted by atomic mass is 35.5. The Labute approximate surface area is 201 Å². The van der Waals surface area contributed by atoms with E-state index in [4.69, 9.17) is 31.5 Å². The monoisotopic (exact) mass is 483 g/mol. The number of ether oxygens (including phenoxy) is 3. The van der Waals surface area contributed by atoms with Crippen LogP contribution in [0.3, 0.4) is 0 Å². The summed E-state index contributed by atoms with van der Waals surface area (Å²) in [6.45, 7) is 5.51. The molecular formula is C24H26ClN5O4. The molecule has 0 spiro atoms. The van der Waals surface area contributed by atoms with Crippen LogP contribution in [0.2, 0.25) is 5.02 Å². The average molecular weight is 484 g/mol. The maximum atomic E-state index is 10.4. The lowest BCUT2D eigenvalue weighted by Gasteiger charge is -2.29. The number of rotatable bonds is 6. The Kier molecular flexibility index (Phi) is 5.81. The van der Waals surface area contributed by atoms with Crippen molar-refractivity contribution in [2.24, 2.45) is 5.92 Å². The van der Waals surface area contributed by atoms with Crippen molar-refractivity contribution in [2.75, 3.05) is 12.3 Å². The Balaban J connectivity index is 1.40. The molecule has 4 heterocycles. The third-order valence-corrected chi connectivity index (χ3v) is 6.18. The molecule has 34 heavy (non-hydrogen) atoms. The van der Waals surface area contributed by atoms with Crippen LogP contribution in [-0.2, 0) is 9.47 Å². The summed E-state index contributed by atoms with van der Waals surface area (Å²) in [5.74, 6) is -0.377. The van der Waals surface area contributed by atoms with Gasteiger partial charge in [-0.3, -0.25) is 4.98 Å². The smallest absolute Gasteiger partial charge is 0.162 e. The molecule has 9 nitrogen and oxygen atoms in total. The molecule has 0 bridgehead atoms. The van der Waals surface area contributed by atoms with Crippen LogP contribution in [0, 0.1) is 5.92 Å². The Morgan fingerprint density at radius 1 is 1.21 bits per heavy atom. The number of benzene rings is 1. The van der Waals surface area contributed by atoms with Gasteiger partial charge in [-0.1, -0.05) is 18.5 Å². The van der Waals surface area contributed by atoms with Gasteiger partial charge in [-0.05, 0) is 38.1 Å². The quantitative estimate of drug-likeness (QED) is 0.396. The molecule has 10 heteroatoms. The molecular weight excluding hydrogens is 458 g/mol. The standard InChI is InChI=1S/C24H26ClN5O4/c1-13-19(11-32-16-5-4-14-8-15(25)10-27-18(14)9-16)33-23(20(13)34-24(2,3)31)30-7-6-17-21(26)28-12-29-22(17)30/h4-10,12-13,19-20,23,31H,11H2,1-3H3,(H2,26,28,29)/t13-,19-,20-,23-/m1/s1. The van der Waals surface area contributed by atoms with Crippen molar-refractivity contribution in [1.82, 2.24) is 19.5 Å². The average Bonchev–Trinajstić information content (AvgIpc) is 3.34. The molecule has 5 rings (SSSR count). The summed E-state index contributed by atoms with van der Waals surface area (Å²) in [5.41, 5.74) is 7.44. The van der Waals surface area contributed by atoms with Crippen molar-refractivity contribution in [3.05, 3.63) is 54.1 Å². The van der Waals surface area contributed by atoms with E-state index < -0.39 is 18.1 Å². The van der Waals surface area contributed by atoms with Gasteiger partial charge in [-0.15, -0.1) is 0 Å². The number of nitrogen functional groups attached to an aromatic ring is 1. The molecule has 0 radical (unpaired) electrons. The number of aliphatic hydroxyl groups is 1. The van der Waals surface area contributed by atoms with Crippen LogP contribution in [0.4, 0.5) is 5.82 Å². The number of nitrogens with two attached hydrogens (primary N) is 1. The normalized spacial score (nSPS) is 23.1. The van der Waals surface area contributed by atoms with Crippen LogP contribution in [-0.4, -0.2) is 49.2 Å². The Bertz CT molecular complexity index is 1340. The molecule has 3 aromatic heterocycles. The summed E-state index contributed by atoms with van der Waals surface area (Å²) in [5, 5.41) is 12.6. The van der Waals surface area contributed by atoms with Gasteiger partial charge in [0.15, 0.2) is 12.0 Å². The van der Waals surface area contributed by atoms with Gasteiger partial charge in [0.1, 0.15) is 36.3 Å². The SMILES string of the molecule is C[C@H]1[C@@H](OC(C)(C)O)[C@H](n2ccc3c(N)ncnc32)O[C@@H]1COc1ccc2cc(Cl)cnc2c1. The predicted molar refractivity (Wildman–Crippen MR) is 128 cm³/mol. The van der Waals surface area contributed by atoms with Gasteiger partial charge >= 0.3 is 0 Å². The third-order valence-electron chi connectivity index (χ3n) is 5.98. The number of pyridine rings is 1. The van der Waals surface area contributed by atoms with Crippen LogP contribution < -0.4 is 10.5 Å². The van der Waals surface area contributed by atoms with Crippen molar-refractivity contribution in [2.45, 2.75) is 45.0 Å². The highest BCUT2D eigenvalue weighted by Crippen LogP contribution is 2.40. The first kappa shape index (κ1) is 22.8. The summed E-state index contributed by atoms with van der Waals surface area (Å²) in [6, 6.07) is 9.37. The molecule has 1 fully saturated rings. The van der Waals surface area contributed by atoms with E-state index in [9.17, 15) is 5.11 Å². The van der Waals surface area contributed by atoms with Gasteiger partial charge in [-0.2, -0.15) is 0 Å². The zero-order valence-electron chi connectivity index (χ0n) is 19.1. The van der Waals surface area contributed by atoms with Crippen LogP contribution in [0.1, 0.15) is 27.0 Å². The highest BCUT2D eigenvalue weighted by molar-refractivity contribution is 6.31. The molecule has 4 atom stereocenters. The summed E-state index contributed by atoms with van der Waals surface area (Å²) < 4.78 is 20.4. The number of hydrogen-bond donors (Lipinski definition) is 2. The van der Waals surface area contributed by atoms with Crippen molar-refractivity contribution in [3.63, 3.8) is 0 Å². The molecule has 1 saturated heterocycles. The van der Waals surface area contributed by atoms with Gasteiger partial charge in [0, 0.05) is 29.8 Å². The number of anilines is 1. The summed E-state index contributed by atoms with van der Waals surface area (Å²) in [6.07, 6.45) is 3.57. The fourth-order valence-electron chi connectivity index (χ4n) is 4.30. The fourth-order valence-corrected chi connectivity index (χ4v) is 4.47. The van der Waals surface area contributed by atoms with Crippen LogP contribution in [0.15, 0.2) is 49.1 Å². The zero-order valence-corrected chi connectivity index (χ0v) is 19.8. The summed E-state index contributed by atoms with van der Waals surface area (Å²) in [7, 11) is 0. The topological polar surface area (TPSA) is 118 Å². The van der Waals surface area contributed by atoms with Crippen LogP contribution in [0.25, 0.3) is 21.9 Å². The molecule has 4 aromatic rings. The first-order chi connectivity index (χ1) is 16.2. The Morgan fingerprint density at radius 3 is 2.82 bits per heavy atom. The number of fused-ring (bicyclic) bond motifs is 2. The zero-order chi connectivity index (χ0) is 24.0. The van der Waals surface area contributed by atoms with Crippen molar-refractivity contribution < 1.29 is 19.3 Å². The van der Waals surface area contributed by atoms with E-state index in [0.717, 1.165) is 16.3 Å². The van der Waals surface area contributed by atoms with E-state index >= 15 is 0 Å². The van der Waals surface area contributed by atoms with Gasteiger partial charge < -0.3 is 29.6 Å². The maximum absolute atomic E-state index is 10.4. The van der Waals surface area contributed by atoms with Crippen LogP contribution in [0.5, 0.6) is 5.75 Å². The second kappa shape index (κ2) is 8.66. The van der Waals surface area contributed by atoms with Gasteiger partial charge in [0.25, 0.3) is 0 Å². The van der Waals surface area contributed by atoms with Crippen molar-refractivity contribution in [1.29, 1.82) is 0 Å². The second-order valence-electron chi connectivity index (χ2n) is 8.99. The first-order valence-corrected chi connectivity index (χ1v) is 11.4. The number of aromatic nitrogens is 4. The van der Waals surface area contributed by atoms with Gasteiger partial charge in [-0.25, -0.2) is 9.97 Å². The van der Waals surface area contributed by atoms with E-state index in [-0.39, 0.29) is 12.0 Å². The first-order valence-electron chi connectivity index (χ1n) is 11.0. The molecule has 1 aliphatic heterocycles. The minimum Gasteiger partial charge on any atom is -0.491 e. The van der Waals surface area contributed by atoms with E-state index in [0.29, 0.717) is 28.8 Å². The number of hydrogen-bond acceptors (Lipinski definition) is 8. The summed E-state index contributed by atoms with van der Waals surface area (Å²) in [4.78, 5) is 12.8. The van der Waals surface area contributed by atoms with Crippen LogP contribution >= 0.6 is 11.6 Å². The van der Waals surface area contributed by atoms with E-state index in [1.54, 1.807) is 20.0 Å². The maximum Gasteiger partial charge on any atom is 0.162 e. The molecule has 3 N–H and O–H groups in total. The third kappa shape index (κ3) is 4.39. The second-order valence-corrected chi connectivity index (χ2v) is 9.43. The lowest BCUT2D eigenvalue weighted by Crippen LogP contribution is -2.37. The minimum absolute atomic E-state index is 0.0922. The van der Waals surface area contributed by atoms with E-state index in [2.05, 4.69) is 15.0 Å². The number of halogens is 1. The molecule has 0 saturated carbocycles. The number of nitrogens with zero attached hydrogens (tertiary/aromatic N) is 4. The molecule has 0 unspecified atom stereocenters. The Hall–Kier alpha value is -2.98.